The van der Waals surface area contributed by atoms with Crippen molar-refractivity contribution in [2.75, 3.05) is 26.4 Å². The zero-order valence-corrected chi connectivity index (χ0v) is 29.0. The first-order valence-electron chi connectivity index (χ1n) is 17.7. The van der Waals surface area contributed by atoms with Crippen LogP contribution in [0.4, 0.5) is 0 Å². The highest BCUT2D eigenvalue weighted by Gasteiger charge is 2.25. The van der Waals surface area contributed by atoms with E-state index in [2.05, 4.69) is 26.0 Å². The highest BCUT2D eigenvalue weighted by atomic mass is 31.2. The van der Waals surface area contributed by atoms with Crippen molar-refractivity contribution in [1.82, 2.24) is 0 Å². The van der Waals surface area contributed by atoms with E-state index in [1.807, 2.05) is 0 Å². The van der Waals surface area contributed by atoms with Crippen LogP contribution in [-0.2, 0) is 32.7 Å². The van der Waals surface area contributed by atoms with E-state index in [4.69, 9.17) is 24.3 Å². The van der Waals surface area contributed by atoms with E-state index in [9.17, 15) is 19.0 Å². The lowest BCUT2D eigenvalue weighted by Crippen LogP contribution is -2.29. The van der Waals surface area contributed by atoms with Crippen molar-refractivity contribution in [2.45, 2.75) is 168 Å². The molecular weight excluding hydrogens is 581 g/mol. The summed E-state index contributed by atoms with van der Waals surface area (Å²) in [5.74, 6) is -0.838. The summed E-state index contributed by atoms with van der Waals surface area (Å²) in [4.78, 5) is 34.5. The number of rotatable bonds is 33. The van der Waals surface area contributed by atoms with Crippen molar-refractivity contribution in [3.63, 3.8) is 0 Å². The van der Waals surface area contributed by atoms with Gasteiger partial charge in [-0.15, -0.1) is 0 Å². The van der Waals surface area contributed by atoms with Gasteiger partial charge in [-0.25, -0.2) is 4.57 Å². The van der Waals surface area contributed by atoms with Gasteiger partial charge in [0.2, 0.25) is 0 Å². The van der Waals surface area contributed by atoms with E-state index in [1.54, 1.807) is 0 Å². The van der Waals surface area contributed by atoms with Crippen LogP contribution in [0.1, 0.15) is 162 Å². The first kappa shape index (κ1) is 42.8. The third-order valence-electron chi connectivity index (χ3n) is 7.40. The number of allylic oxidation sites excluding steroid dienone is 2. The van der Waals surface area contributed by atoms with Gasteiger partial charge in [0, 0.05) is 19.4 Å². The Labute approximate surface area is 269 Å². The molecule has 0 saturated carbocycles. The topological polar surface area (TPSA) is 134 Å². The molecule has 0 aliphatic rings. The van der Waals surface area contributed by atoms with Crippen LogP contribution in [0, 0.1) is 0 Å². The van der Waals surface area contributed by atoms with Gasteiger partial charge in [0.15, 0.2) is 6.10 Å². The van der Waals surface area contributed by atoms with Crippen LogP contribution >= 0.6 is 7.82 Å². The normalized spacial score (nSPS) is 13.6. The van der Waals surface area contributed by atoms with Crippen molar-refractivity contribution in [3.8, 4) is 0 Å². The van der Waals surface area contributed by atoms with Crippen LogP contribution in [0.15, 0.2) is 12.2 Å². The molecule has 44 heavy (non-hydrogen) atoms. The van der Waals surface area contributed by atoms with E-state index < -0.39 is 32.5 Å². The van der Waals surface area contributed by atoms with Gasteiger partial charge >= 0.3 is 19.8 Å². The maximum Gasteiger partial charge on any atom is 0.472 e. The third-order valence-corrected chi connectivity index (χ3v) is 8.39. The van der Waals surface area contributed by atoms with E-state index in [1.165, 1.54) is 77.0 Å². The molecule has 0 amide bonds. The summed E-state index contributed by atoms with van der Waals surface area (Å²) in [6, 6.07) is 0. The summed E-state index contributed by atoms with van der Waals surface area (Å²) in [5.41, 5.74) is 5.31. The Hall–Kier alpha value is -1.25. The minimum Gasteiger partial charge on any atom is -0.462 e. The van der Waals surface area contributed by atoms with Crippen LogP contribution < -0.4 is 5.73 Å². The van der Waals surface area contributed by atoms with Gasteiger partial charge in [-0.1, -0.05) is 122 Å². The predicted molar refractivity (Wildman–Crippen MR) is 178 cm³/mol. The van der Waals surface area contributed by atoms with Crippen LogP contribution in [0.3, 0.4) is 0 Å². The molecule has 9 nitrogen and oxygen atoms in total. The molecule has 0 aliphatic heterocycles. The van der Waals surface area contributed by atoms with E-state index in [0.717, 1.165) is 51.4 Å². The van der Waals surface area contributed by atoms with Crippen LogP contribution in [0.25, 0.3) is 0 Å². The van der Waals surface area contributed by atoms with Crippen molar-refractivity contribution in [1.29, 1.82) is 0 Å². The number of carbonyl (C=O) groups excluding carboxylic acids is 2. The zero-order chi connectivity index (χ0) is 32.6. The highest BCUT2D eigenvalue weighted by molar-refractivity contribution is 7.47. The van der Waals surface area contributed by atoms with E-state index in [0.29, 0.717) is 6.42 Å². The van der Waals surface area contributed by atoms with Crippen molar-refractivity contribution < 1.29 is 37.6 Å². The molecule has 0 spiro atoms. The second-order valence-electron chi connectivity index (χ2n) is 11.7. The number of hydrogen-bond donors (Lipinski definition) is 2. The minimum absolute atomic E-state index is 0.0546. The summed E-state index contributed by atoms with van der Waals surface area (Å²) < 4.78 is 32.5. The Kier molecular flexibility index (Phi) is 30.8. The number of phosphoric ester groups is 1. The zero-order valence-electron chi connectivity index (χ0n) is 28.2. The van der Waals surface area contributed by atoms with Gasteiger partial charge in [-0.2, -0.15) is 0 Å². The largest absolute Gasteiger partial charge is 0.472 e. The molecule has 0 aromatic heterocycles. The Morgan fingerprint density at radius 2 is 1.11 bits per heavy atom. The standard InChI is InChI=1S/C34H66NO8P/c1-3-5-7-9-11-13-15-17-18-20-22-24-26-33(36)40-30-32(31-42-44(38,39)41-29-28-35)43-34(37)27-25-23-21-19-16-14-12-10-8-6-4-2/h11,13,32H,3-10,12,14-31,35H2,1-2H3,(H,38,39)/b13-11-/t32-/m1/s1. The molecule has 0 rings (SSSR count). The lowest BCUT2D eigenvalue weighted by atomic mass is 10.1. The second kappa shape index (κ2) is 31.7. The van der Waals surface area contributed by atoms with Gasteiger partial charge in [0.05, 0.1) is 13.2 Å². The first-order valence-corrected chi connectivity index (χ1v) is 19.2. The Morgan fingerprint density at radius 3 is 1.66 bits per heavy atom. The molecule has 0 aromatic carbocycles. The average molecular weight is 648 g/mol. The van der Waals surface area contributed by atoms with Crippen molar-refractivity contribution >= 4 is 19.8 Å². The van der Waals surface area contributed by atoms with Gasteiger partial charge in [-0.05, 0) is 38.5 Å². The summed E-state index contributed by atoms with van der Waals surface area (Å²) >= 11 is 0. The first-order chi connectivity index (χ1) is 21.3. The maximum absolute atomic E-state index is 12.5. The number of unbranched alkanes of at least 4 members (excludes halogenated alkanes) is 18. The van der Waals surface area contributed by atoms with E-state index in [-0.39, 0.29) is 32.6 Å². The Bertz CT molecular complexity index is 749. The molecule has 260 valence electrons. The number of ether oxygens (including phenoxy) is 2. The van der Waals surface area contributed by atoms with Gasteiger partial charge in [-0.3, -0.25) is 18.6 Å². The van der Waals surface area contributed by atoms with Gasteiger partial charge < -0.3 is 20.1 Å². The number of phosphoric acid groups is 1. The van der Waals surface area contributed by atoms with Crippen molar-refractivity contribution in [3.05, 3.63) is 12.2 Å². The third kappa shape index (κ3) is 30.8. The number of hydrogen-bond acceptors (Lipinski definition) is 8. The smallest absolute Gasteiger partial charge is 0.462 e. The number of nitrogens with two attached hydrogens (primary N) is 1. The van der Waals surface area contributed by atoms with Gasteiger partial charge in [0.25, 0.3) is 0 Å². The maximum atomic E-state index is 12.5. The lowest BCUT2D eigenvalue weighted by Gasteiger charge is -2.19. The molecule has 1 unspecified atom stereocenters. The Balaban J connectivity index is 4.27. The van der Waals surface area contributed by atoms with Crippen LogP contribution in [0.2, 0.25) is 0 Å². The molecular formula is C34H66NO8P. The summed E-state index contributed by atoms with van der Waals surface area (Å²) in [6.07, 6.45) is 28.1. The molecule has 0 aliphatic carbocycles. The summed E-state index contributed by atoms with van der Waals surface area (Å²) in [7, 11) is -4.36. The predicted octanol–water partition coefficient (Wildman–Crippen LogP) is 9.10. The fraction of sp³-hybridized carbons (Fsp3) is 0.882. The molecule has 0 bridgehead atoms. The molecule has 0 fully saturated rings. The SMILES string of the molecule is CCCCC/C=C\CCCCCCCC(=O)OC[C@H](COP(=O)(O)OCCN)OC(=O)CCCCCCCCCCCCC. The van der Waals surface area contributed by atoms with E-state index >= 15 is 0 Å². The monoisotopic (exact) mass is 647 g/mol. The molecule has 0 aromatic rings. The molecule has 2 atom stereocenters. The summed E-state index contributed by atoms with van der Waals surface area (Å²) in [6.45, 7) is 3.67. The van der Waals surface area contributed by atoms with Crippen molar-refractivity contribution in [2.24, 2.45) is 5.73 Å². The second-order valence-corrected chi connectivity index (χ2v) is 13.2. The lowest BCUT2D eigenvalue weighted by molar-refractivity contribution is -0.161. The van der Waals surface area contributed by atoms with Gasteiger partial charge in [0.1, 0.15) is 6.61 Å². The van der Waals surface area contributed by atoms with Crippen LogP contribution in [-0.4, -0.2) is 49.3 Å². The fourth-order valence-corrected chi connectivity index (χ4v) is 5.51. The average Bonchev–Trinajstić information content (AvgIpc) is 3.00. The molecule has 0 saturated heterocycles. The minimum atomic E-state index is -4.36. The number of carbonyl (C=O) groups is 2. The Morgan fingerprint density at radius 1 is 0.659 bits per heavy atom. The highest BCUT2D eigenvalue weighted by Crippen LogP contribution is 2.43. The molecule has 0 radical (unpaired) electrons. The quantitative estimate of drug-likeness (QED) is 0.0309. The fourth-order valence-electron chi connectivity index (χ4n) is 4.74. The van der Waals surface area contributed by atoms with Crippen LogP contribution in [0.5, 0.6) is 0 Å². The molecule has 0 heterocycles. The number of esters is 2. The molecule has 10 heteroatoms. The molecule has 3 N–H and O–H groups in total. The summed E-state index contributed by atoms with van der Waals surface area (Å²) in [5, 5.41) is 0.